The first-order valence-electron chi connectivity index (χ1n) is 7.67. The lowest BCUT2D eigenvalue weighted by Crippen LogP contribution is -2.39. The number of rotatable bonds is 10. The second kappa shape index (κ2) is 9.89. The molecule has 8 heteroatoms. The third-order valence-electron chi connectivity index (χ3n) is 3.55. The topological polar surface area (TPSA) is 127 Å². The summed E-state index contributed by atoms with van der Waals surface area (Å²) in [6.45, 7) is 0. The summed E-state index contributed by atoms with van der Waals surface area (Å²) in [6, 6.07) is 4.76. The van der Waals surface area contributed by atoms with Gasteiger partial charge in [0.25, 0.3) is 0 Å². The number of nitrogens with two attached hydrogens (primary N) is 2. The molecule has 132 valence electrons. The largest absolute Gasteiger partial charge is 0.370 e. The molecule has 0 fully saturated rings. The summed E-state index contributed by atoms with van der Waals surface area (Å²) in [4.78, 5) is 33.9. The molecule has 3 amide bonds. The number of amides is 3. The van der Waals surface area contributed by atoms with E-state index >= 15 is 0 Å². The number of aryl methyl sites for hydroxylation is 1. The van der Waals surface area contributed by atoms with Gasteiger partial charge in [0, 0.05) is 12.8 Å². The van der Waals surface area contributed by atoms with Crippen LogP contribution in [0.1, 0.15) is 31.2 Å². The average molecular weight is 355 g/mol. The van der Waals surface area contributed by atoms with Gasteiger partial charge in [-0.25, -0.2) is 0 Å². The SMILES string of the molecule is CNC(CCC(N)=O)C(=O)Nc1cccc(CCCC(N)=O)c1Cl. The number of primary amides is 2. The summed E-state index contributed by atoms with van der Waals surface area (Å²) in [5.41, 5.74) is 11.5. The van der Waals surface area contributed by atoms with E-state index < -0.39 is 11.9 Å². The molecule has 0 aliphatic heterocycles. The van der Waals surface area contributed by atoms with E-state index in [1.54, 1.807) is 19.2 Å². The van der Waals surface area contributed by atoms with Crippen LogP contribution in [0.15, 0.2) is 18.2 Å². The van der Waals surface area contributed by atoms with Crippen LogP contribution >= 0.6 is 11.6 Å². The van der Waals surface area contributed by atoms with Crippen LogP contribution in [0.4, 0.5) is 5.69 Å². The molecule has 24 heavy (non-hydrogen) atoms. The highest BCUT2D eigenvalue weighted by Gasteiger charge is 2.18. The van der Waals surface area contributed by atoms with Crippen molar-refractivity contribution in [3.8, 4) is 0 Å². The van der Waals surface area contributed by atoms with E-state index in [1.165, 1.54) is 0 Å². The molecule has 0 saturated heterocycles. The predicted octanol–water partition coefficient (Wildman–Crippen LogP) is 0.940. The van der Waals surface area contributed by atoms with Crippen molar-refractivity contribution in [3.05, 3.63) is 28.8 Å². The molecular weight excluding hydrogens is 332 g/mol. The Kier molecular flexibility index (Phi) is 8.21. The van der Waals surface area contributed by atoms with E-state index in [0.29, 0.717) is 30.0 Å². The fraction of sp³-hybridized carbons (Fsp3) is 0.438. The molecule has 0 bridgehead atoms. The van der Waals surface area contributed by atoms with Crippen LogP contribution in [0.5, 0.6) is 0 Å². The molecule has 1 aromatic rings. The molecule has 0 aliphatic rings. The number of nitrogens with one attached hydrogen (secondary N) is 2. The predicted molar refractivity (Wildman–Crippen MR) is 93.5 cm³/mol. The van der Waals surface area contributed by atoms with Crippen molar-refractivity contribution in [2.24, 2.45) is 11.5 Å². The van der Waals surface area contributed by atoms with Gasteiger partial charge in [0.15, 0.2) is 0 Å². The Morgan fingerprint density at radius 2 is 1.83 bits per heavy atom. The number of halogens is 1. The molecule has 6 N–H and O–H groups in total. The summed E-state index contributed by atoms with van der Waals surface area (Å²) in [5.74, 6) is -1.12. The standard InChI is InChI=1S/C16H23ClN4O3/c1-20-12(8-9-14(19)23)16(24)21-11-6-2-4-10(15(11)17)5-3-7-13(18)22/h2,4,6,12,20H,3,5,7-9H2,1H3,(H2,18,22)(H2,19,23)(H,21,24). The quantitative estimate of drug-likeness (QED) is 0.498. The molecule has 0 aromatic heterocycles. The van der Waals surface area contributed by atoms with E-state index in [4.69, 9.17) is 23.1 Å². The van der Waals surface area contributed by atoms with Gasteiger partial charge in [0.1, 0.15) is 0 Å². The van der Waals surface area contributed by atoms with Gasteiger partial charge in [-0.15, -0.1) is 0 Å². The summed E-state index contributed by atoms with van der Waals surface area (Å²) in [5, 5.41) is 6.02. The summed E-state index contributed by atoms with van der Waals surface area (Å²) >= 11 is 6.32. The molecular formula is C16H23ClN4O3. The zero-order valence-corrected chi connectivity index (χ0v) is 14.4. The minimum atomic E-state index is -0.549. The normalized spacial score (nSPS) is 11.8. The van der Waals surface area contributed by atoms with Gasteiger partial charge >= 0.3 is 0 Å². The Morgan fingerprint density at radius 3 is 2.42 bits per heavy atom. The molecule has 0 spiro atoms. The molecule has 0 radical (unpaired) electrons. The summed E-state index contributed by atoms with van der Waals surface area (Å²) < 4.78 is 0. The molecule has 7 nitrogen and oxygen atoms in total. The van der Waals surface area contributed by atoms with E-state index in [9.17, 15) is 14.4 Å². The van der Waals surface area contributed by atoms with Gasteiger partial charge in [-0.3, -0.25) is 14.4 Å². The van der Waals surface area contributed by atoms with Crippen LogP contribution in [0.25, 0.3) is 0 Å². The second-order valence-electron chi connectivity index (χ2n) is 5.43. The maximum absolute atomic E-state index is 12.3. The summed E-state index contributed by atoms with van der Waals surface area (Å²) in [7, 11) is 1.63. The van der Waals surface area contributed by atoms with E-state index in [0.717, 1.165) is 5.56 Å². The smallest absolute Gasteiger partial charge is 0.241 e. The van der Waals surface area contributed by atoms with Gasteiger partial charge in [-0.1, -0.05) is 23.7 Å². The van der Waals surface area contributed by atoms with Crippen molar-refractivity contribution in [2.45, 2.75) is 38.1 Å². The number of carbonyl (C=O) groups excluding carboxylic acids is 3. The molecule has 1 unspecified atom stereocenters. The van der Waals surface area contributed by atoms with Gasteiger partial charge < -0.3 is 22.1 Å². The summed E-state index contributed by atoms with van der Waals surface area (Å²) in [6.07, 6.45) is 1.86. The average Bonchev–Trinajstić information content (AvgIpc) is 2.51. The van der Waals surface area contributed by atoms with Crippen molar-refractivity contribution in [2.75, 3.05) is 12.4 Å². The zero-order valence-electron chi connectivity index (χ0n) is 13.6. The first-order valence-corrected chi connectivity index (χ1v) is 8.05. The fourth-order valence-corrected chi connectivity index (χ4v) is 2.50. The second-order valence-corrected chi connectivity index (χ2v) is 5.81. The Labute approximate surface area is 146 Å². The zero-order chi connectivity index (χ0) is 18.1. The highest BCUT2D eigenvalue weighted by Crippen LogP contribution is 2.27. The third-order valence-corrected chi connectivity index (χ3v) is 4.00. The molecule has 0 saturated carbocycles. The van der Waals surface area contributed by atoms with Gasteiger partial charge in [0.05, 0.1) is 16.8 Å². The van der Waals surface area contributed by atoms with Gasteiger partial charge in [-0.05, 0) is 37.9 Å². The van der Waals surface area contributed by atoms with Gasteiger partial charge in [-0.2, -0.15) is 0 Å². The maximum atomic E-state index is 12.3. The monoisotopic (exact) mass is 354 g/mol. The lowest BCUT2D eigenvalue weighted by molar-refractivity contribution is -0.120. The Hall–Kier alpha value is -2.12. The maximum Gasteiger partial charge on any atom is 0.241 e. The number of anilines is 1. The number of likely N-dealkylation sites (N-methyl/N-ethyl adjacent to an activating group) is 1. The van der Waals surface area contributed by atoms with E-state index in [2.05, 4.69) is 10.6 Å². The molecule has 1 rings (SSSR count). The van der Waals surface area contributed by atoms with Crippen molar-refractivity contribution < 1.29 is 14.4 Å². The van der Waals surface area contributed by atoms with Crippen molar-refractivity contribution in [1.82, 2.24) is 5.32 Å². The highest BCUT2D eigenvalue weighted by molar-refractivity contribution is 6.34. The van der Waals surface area contributed by atoms with Crippen molar-refractivity contribution in [3.63, 3.8) is 0 Å². The number of carbonyl (C=O) groups is 3. The van der Waals surface area contributed by atoms with Crippen LogP contribution in [-0.2, 0) is 20.8 Å². The van der Waals surface area contributed by atoms with Crippen LogP contribution in [0.3, 0.4) is 0 Å². The fourth-order valence-electron chi connectivity index (χ4n) is 2.24. The van der Waals surface area contributed by atoms with Crippen LogP contribution in [-0.4, -0.2) is 30.8 Å². The number of benzene rings is 1. The Morgan fingerprint density at radius 1 is 1.17 bits per heavy atom. The van der Waals surface area contributed by atoms with E-state index in [-0.39, 0.29) is 24.7 Å². The highest BCUT2D eigenvalue weighted by atomic mass is 35.5. The minimum absolute atomic E-state index is 0.111. The lowest BCUT2D eigenvalue weighted by atomic mass is 10.1. The molecule has 0 aliphatic carbocycles. The van der Waals surface area contributed by atoms with E-state index in [1.807, 2.05) is 6.07 Å². The van der Waals surface area contributed by atoms with Crippen molar-refractivity contribution in [1.29, 1.82) is 0 Å². The molecule has 1 atom stereocenters. The minimum Gasteiger partial charge on any atom is -0.370 e. The lowest BCUT2D eigenvalue weighted by Gasteiger charge is -2.17. The van der Waals surface area contributed by atoms with Crippen molar-refractivity contribution >= 4 is 35.0 Å². The molecule has 0 heterocycles. The van der Waals surface area contributed by atoms with Crippen LogP contribution < -0.4 is 22.1 Å². The first-order chi connectivity index (χ1) is 11.3. The Bertz CT molecular complexity index is 607. The van der Waals surface area contributed by atoms with Crippen LogP contribution in [0, 0.1) is 0 Å². The molecule has 1 aromatic carbocycles. The van der Waals surface area contributed by atoms with Gasteiger partial charge in [0.2, 0.25) is 17.7 Å². The van der Waals surface area contributed by atoms with Crippen LogP contribution in [0.2, 0.25) is 5.02 Å². The Balaban J connectivity index is 2.73. The third kappa shape index (κ3) is 6.55. The number of hydrogen-bond donors (Lipinski definition) is 4. The number of hydrogen-bond acceptors (Lipinski definition) is 4. The first kappa shape index (κ1) is 19.9.